The highest BCUT2D eigenvalue weighted by atomic mass is 16.5. The Hall–Kier alpha value is -2.70. The SMILES string of the molecule is CCc1nc([C@@H]2CCCN(C(=O)c3cn4c(C)cccc4n3)C2)no1. The normalized spacial score (nSPS) is 18.0. The molecule has 4 rings (SSSR count). The van der Waals surface area contributed by atoms with E-state index in [4.69, 9.17) is 4.52 Å². The first-order valence-corrected chi connectivity index (χ1v) is 8.72. The molecule has 7 nitrogen and oxygen atoms in total. The lowest BCUT2D eigenvalue weighted by Gasteiger charge is -2.30. The zero-order valence-electron chi connectivity index (χ0n) is 14.5. The molecule has 1 atom stereocenters. The van der Waals surface area contributed by atoms with Gasteiger partial charge >= 0.3 is 0 Å². The number of hydrogen-bond donors (Lipinski definition) is 0. The predicted molar refractivity (Wildman–Crippen MR) is 91.5 cm³/mol. The van der Waals surface area contributed by atoms with Gasteiger partial charge in [0.25, 0.3) is 5.91 Å². The summed E-state index contributed by atoms with van der Waals surface area (Å²) < 4.78 is 7.17. The molecule has 0 unspecified atom stereocenters. The average molecular weight is 339 g/mol. The summed E-state index contributed by atoms with van der Waals surface area (Å²) in [5.41, 5.74) is 2.33. The molecule has 0 bridgehead atoms. The molecule has 1 aliphatic heterocycles. The molecule has 7 heteroatoms. The van der Waals surface area contributed by atoms with Crippen molar-refractivity contribution < 1.29 is 9.32 Å². The Morgan fingerprint density at radius 3 is 3.00 bits per heavy atom. The van der Waals surface area contributed by atoms with Crippen LogP contribution in [0.3, 0.4) is 0 Å². The van der Waals surface area contributed by atoms with Gasteiger partial charge in [0.2, 0.25) is 5.89 Å². The van der Waals surface area contributed by atoms with Crippen LogP contribution in [0, 0.1) is 6.92 Å². The van der Waals surface area contributed by atoms with Crippen LogP contribution >= 0.6 is 0 Å². The summed E-state index contributed by atoms with van der Waals surface area (Å²) in [6.45, 7) is 5.33. The van der Waals surface area contributed by atoms with Crippen molar-refractivity contribution in [1.29, 1.82) is 0 Å². The quantitative estimate of drug-likeness (QED) is 0.733. The number of pyridine rings is 1. The van der Waals surface area contributed by atoms with E-state index in [2.05, 4.69) is 15.1 Å². The number of fused-ring (bicyclic) bond motifs is 1. The monoisotopic (exact) mass is 339 g/mol. The van der Waals surface area contributed by atoms with E-state index in [0.717, 1.165) is 37.1 Å². The van der Waals surface area contributed by atoms with Gasteiger partial charge in [-0.2, -0.15) is 4.98 Å². The third kappa shape index (κ3) is 2.90. The highest BCUT2D eigenvalue weighted by molar-refractivity contribution is 5.93. The summed E-state index contributed by atoms with van der Waals surface area (Å²) in [6, 6.07) is 5.86. The molecule has 3 aromatic rings. The Bertz CT molecular complexity index is 913. The van der Waals surface area contributed by atoms with E-state index in [0.29, 0.717) is 24.0 Å². The van der Waals surface area contributed by atoms with Crippen molar-refractivity contribution in [3.8, 4) is 0 Å². The summed E-state index contributed by atoms with van der Waals surface area (Å²) in [7, 11) is 0. The van der Waals surface area contributed by atoms with E-state index in [1.807, 2.05) is 47.5 Å². The lowest BCUT2D eigenvalue weighted by Crippen LogP contribution is -2.39. The number of piperidine rings is 1. The second-order valence-corrected chi connectivity index (χ2v) is 6.51. The van der Waals surface area contributed by atoms with E-state index in [1.165, 1.54) is 0 Å². The molecule has 4 heterocycles. The summed E-state index contributed by atoms with van der Waals surface area (Å²) in [4.78, 5) is 23.7. The van der Waals surface area contributed by atoms with Crippen molar-refractivity contribution in [2.24, 2.45) is 0 Å². The number of amides is 1. The Morgan fingerprint density at radius 1 is 1.36 bits per heavy atom. The first kappa shape index (κ1) is 15.8. The highest BCUT2D eigenvalue weighted by Gasteiger charge is 2.29. The van der Waals surface area contributed by atoms with Crippen LogP contribution in [0.25, 0.3) is 5.65 Å². The molecule has 0 saturated carbocycles. The molecule has 130 valence electrons. The second-order valence-electron chi connectivity index (χ2n) is 6.51. The number of rotatable bonds is 3. The molecule has 25 heavy (non-hydrogen) atoms. The van der Waals surface area contributed by atoms with Gasteiger partial charge in [-0.3, -0.25) is 4.79 Å². The Balaban J connectivity index is 1.55. The van der Waals surface area contributed by atoms with Crippen molar-refractivity contribution >= 4 is 11.6 Å². The molecule has 0 spiro atoms. The predicted octanol–water partition coefficient (Wildman–Crippen LogP) is 2.61. The number of imidazole rings is 1. The molecule has 3 aromatic heterocycles. The maximum atomic E-state index is 12.9. The summed E-state index contributed by atoms with van der Waals surface area (Å²) in [5, 5.41) is 4.08. The smallest absolute Gasteiger partial charge is 0.274 e. The number of hydrogen-bond acceptors (Lipinski definition) is 5. The Morgan fingerprint density at radius 2 is 2.24 bits per heavy atom. The average Bonchev–Trinajstić information content (AvgIpc) is 3.29. The number of likely N-dealkylation sites (tertiary alicyclic amines) is 1. The van der Waals surface area contributed by atoms with E-state index in [9.17, 15) is 4.79 Å². The van der Waals surface area contributed by atoms with Crippen LogP contribution in [0.5, 0.6) is 0 Å². The standard InChI is InChI=1S/C18H21N5O2/c1-3-16-20-17(21-25-16)13-7-5-9-22(10-13)18(24)14-11-23-12(2)6-4-8-15(23)19-14/h4,6,8,11,13H,3,5,7,9-10H2,1-2H3/t13-/m1/s1. The highest BCUT2D eigenvalue weighted by Crippen LogP contribution is 2.26. The minimum absolute atomic E-state index is 0.0352. The van der Waals surface area contributed by atoms with Gasteiger partial charge in [-0.05, 0) is 31.9 Å². The minimum Gasteiger partial charge on any atom is -0.339 e. The molecule has 0 aliphatic carbocycles. The van der Waals surface area contributed by atoms with Gasteiger partial charge in [0.1, 0.15) is 11.3 Å². The van der Waals surface area contributed by atoms with Crippen LogP contribution in [0.2, 0.25) is 0 Å². The number of carbonyl (C=O) groups excluding carboxylic acids is 1. The van der Waals surface area contributed by atoms with E-state index in [1.54, 1.807) is 0 Å². The first-order chi connectivity index (χ1) is 12.2. The maximum absolute atomic E-state index is 12.9. The van der Waals surface area contributed by atoms with Crippen LogP contribution in [-0.4, -0.2) is 43.4 Å². The van der Waals surface area contributed by atoms with Crippen LogP contribution in [0.4, 0.5) is 0 Å². The van der Waals surface area contributed by atoms with Gasteiger partial charge in [0.05, 0.1) is 0 Å². The second kappa shape index (κ2) is 6.31. The topological polar surface area (TPSA) is 76.5 Å². The third-order valence-corrected chi connectivity index (χ3v) is 4.78. The molecular formula is C18H21N5O2. The van der Waals surface area contributed by atoms with Crippen LogP contribution in [0.1, 0.15) is 53.6 Å². The number of aromatic nitrogens is 4. The van der Waals surface area contributed by atoms with Crippen molar-refractivity contribution in [3.05, 3.63) is 47.5 Å². The van der Waals surface area contributed by atoms with Gasteiger partial charge < -0.3 is 13.8 Å². The van der Waals surface area contributed by atoms with Crippen molar-refractivity contribution in [1.82, 2.24) is 24.4 Å². The molecule has 1 fully saturated rings. The molecular weight excluding hydrogens is 318 g/mol. The maximum Gasteiger partial charge on any atom is 0.274 e. The molecule has 0 N–H and O–H groups in total. The molecule has 1 aliphatic rings. The molecule has 0 aromatic carbocycles. The van der Waals surface area contributed by atoms with Gasteiger partial charge in [-0.25, -0.2) is 4.98 Å². The molecule has 1 amide bonds. The fourth-order valence-electron chi connectivity index (χ4n) is 3.36. The van der Waals surface area contributed by atoms with Gasteiger partial charge in [0.15, 0.2) is 5.82 Å². The van der Waals surface area contributed by atoms with E-state index in [-0.39, 0.29) is 11.8 Å². The Labute approximate surface area is 145 Å². The minimum atomic E-state index is -0.0352. The van der Waals surface area contributed by atoms with Crippen LogP contribution < -0.4 is 0 Å². The lowest BCUT2D eigenvalue weighted by molar-refractivity contribution is 0.0698. The zero-order chi connectivity index (χ0) is 17.4. The summed E-state index contributed by atoms with van der Waals surface area (Å²) in [5.74, 6) is 1.45. The summed E-state index contributed by atoms with van der Waals surface area (Å²) >= 11 is 0. The van der Waals surface area contributed by atoms with Crippen molar-refractivity contribution in [3.63, 3.8) is 0 Å². The third-order valence-electron chi connectivity index (χ3n) is 4.78. The Kier molecular flexibility index (Phi) is 3.99. The van der Waals surface area contributed by atoms with Gasteiger partial charge in [-0.1, -0.05) is 18.1 Å². The van der Waals surface area contributed by atoms with E-state index >= 15 is 0 Å². The fraction of sp³-hybridized carbons (Fsp3) is 0.444. The van der Waals surface area contributed by atoms with Gasteiger partial charge in [0, 0.05) is 37.3 Å². The number of carbonyl (C=O) groups is 1. The number of aryl methyl sites for hydroxylation is 2. The number of nitrogens with zero attached hydrogens (tertiary/aromatic N) is 5. The van der Waals surface area contributed by atoms with Crippen molar-refractivity contribution in [2.75, 3.05) is 13.1 Å². The summed E-state index contributed by atoms with van der Waals surface area (Å²) in [6.07, 6.45) is 4.44. The van der Waals surface area contributed by atoms with Crippen LogP contribution in [0.15, 0.2) is 28.9 Å². The lowest BCUT2D eigenvalue weighted by atomic mass is 9.97. The largest absolute Gasteiger partial charge is 0.339 e. The first-order valence-electron chi connectivity index (χ1n) is 8.72. The zero-order valence-corrected chi connectivity index (χ0v) is 14.5. The molecule has 1 saturated heterocycles. The fourth-order valence-corrected chi connectivity index (χ4v) is 3.36. The van der Waals surface area contributed by atoms with Crippen molar-refractivity contribution in [2.45, 2.75) is 39.0 Å². The van der Waals surface area contributed by atoms with Gasteiger partial charge in [-0.15, -0.1) is 0 Å². The van der Waals surface area contributed by atoms with Crippen LogP contribution in [-0.2, 0) is 6.42 Å². The van der Waals surface area contributed by atoms with E-state index < -0.39 is 0 Å². The molecule has 0 radical (unpaired) electrons.